The maximum Gasteiger partial charge on any atom is 0.274 e. The van der Waals surface area contributed by atoms with Crippen LogP contribution in [0.15, 0.2) is 24.3 Å². The average molecular weight is 295 g/mol. The summed E-state index contributed by atoms with van der Waals surface area (Å²) in [6.07, 6.45) is 0. The minimum atomic E-state index is -0.310. The summed E-state index contributed by atoms with van der Waals surface area (Å²) in [5.41, 5.74) is 0.952. The van der Waals surface area contributed by atoms with Crippen molar-refractivity contribution in [3.63, 3.8) is 0 Å². The molecule has 1 fully saturated rings. The molecule has 0 radical (unpaired) electrons. The molecule has 20 heavy (non-hydrogen) atoms. The minimum Gasteiger partial charge on any atom is -0.309 e. The first-order valence-corrected chi connectivity index (χ1v) is 8.11. The van der Waals surface area contributed by atoms with Gasteiger partial charge in [-0.25, -0.2) is 0 Å². The lowest BCUT2D eigenvalue weighted by atomic mass is 10.1. The third-order valence-corrected chi connectivity index (χ3v) is 4.52. The van der Waals surface area contributed by atoms with Crippen LogP contribution in [0.3, 0.4) is 0 Å². The van der Waals surface area contributed by atoms with Crippen LogP contribution in [-0.4, -0.2) is 47.5 Å². The minimum absolute atomic E-state index is 0.00392. The highest BCUT2D eigenvalue weighted by atomic mass is 32.2. The van der Waals surface area contributed by atoms with Crippen LogP contribution in [0.1, 0.15) is 18.5 Å². The summed E-state index contributed by atoms with van der Waals surface area (Å²) in [4.78, 5) is 13.1. The molecule has 1 aliphatic heterocycles. The second-order valence-corrected chi connectivity index (χ2v) is 6.17. The first-order chi connectivity index (χ1) is 9.68. The fraction of sp³-hybridized carbons (Fsp3) is 0.571. The van der Waals surface area contributed by atoms with Crippen molar-refractivity contribution in [3.8, 4) is 0 Å². The van der Waals surface area contributed by atoms with Crippen LogP contribution >= 0.6 is 11.8 Å². The van der Waals surface area contributed by atoms with Crippen molar-refractivity contribution in [1.29, 1.82) is 0 Å². The number of nitrogens with one attached hydrogen (secondary N) is 1. The Kier molecular flexibility index (Phi) is 5.82. The summed E-state index contributed by atoms with van der Waals surface area (Å²) >= 11 is 2.00. The lowest BCUT2D eigenvalue weighted by Gasteiger charge is -2.26. The van der Waals surface area contributed by atoms with Gasteiger partial charge in [-0.3, -0.25) is 10.1 Å². The third-order valence-electron chi connectivity index (χ3n) is 3.58. The molecule has 0 saturated carbocycles. The van der Waals surface area contributed by atoms with Crippen LogP contribution in [0.5, 0.6) is 0 Å². The zero-order valence-electron chi connectivity index (χ0n) is 11.7. The van der Waals surface area contributed by atoms with E-state index in [2.05, 4.69) is 10.2 Å². The number of hydrogen-bond donors (Lipinski definition) is 1. The van der Waals surface area contributed by atoms with E-state index >= 15 is 0 Å². The molecule has 1 heterocycles. The molecule has 0 amide bonds. The first kappa shape index (κ1) is 15.3. The molecule has 2 rings (SSSR count). The van der Waals surface area contributed by atoms with E-state index in [-0.39, 0.29) is 16.7 Å². The van der Waals surface area contributed by atoms with E-state index in [0.717, 1.165) is 31.7 Å². The van der Waals surface area contributed by atoms with Gasteiger partial charge >= 0.3 is 0 Å². The number of nitrogens with zero attached hydrogens (tertiary/aromatic N) is 2. The monoisotopic (exact) mass is 295 g/mol. The highest BCUT2D eigenvalue weighted by Crippen LogP contribution is 2.24. The van der Waals surface area contributed by atoms with Crippen LogP contribution < -0.4 is 5.32 Å². The highest BCUT2D eigenvalue weighted by molar-refractivity contribution is 7.99. The Labute approximate surface area is 123 Å². The van der Waals surface area contributed by atoms with Gasteiger partial charge < -0.3 is 10.2 Å². The summed E-state index contributed by atoms with van der Waals surface area (Å²) in [6.45, 7) is 6.14. The molecule has 0 spiro atoms. The maximum atomic E-state index is 11.0. The van der Waals surface area contributed by atoms with Gasteiger partial charge in [-0.2, -0.15) is 11.8 Å². The Balaban J connectivity index is 1.85. The zero-order valence-corrected chi connectivity index (χ0v) is 12.6. The Hall–Kier alpha value is -1.11. The van der Waals surface area contributed by atoms with Gasteiger partial charge in [-0.1, -0.05) is 18.2 Å². The molecular weight excluding hydrogens is 274 g/mol. The Bertz CT molecular complexity index is 450. The van der Waals surface area contributed by atoms with Crippen LogP contribution in [-0.2, 0) is 0 Å². The van der Waals surface area contributed by atoms with Gasteiger partial charge in [0.2, 0.25) is 0 Å². The summed E-state index contributed by atoms with van der Waals surface area (Å²) in [6, 6.07) is 6.95. The van der Waals surface area contributed by atoms with E-state index in [0.29, 0.717) is 0 Å². The molecule has 1 aliphatic rings. The number of thioether (sulfide) groups is 1. The van der Waals surface area contributed by atoms with Crippen LogP contribution in [0.25, 0.3) is 0 Å². The molecule has 0 aliphatic carbocycles. The summed E-state index contributed by atoms with van der Waals surface area (Å²) in [7, 11) is 0. The van der Waals surface area contributed by atoms with Gasteiger partial charge in [0.25, 0.3) is 5.69 Å². The molecule has 0 bridgehead atoms. The van der Waals surface area contributed by atoms with Crippen molar-refractivity contribution in [2.75, 3.05) is 37.7 Å². The van der Waals surface area contributed by atoms with E-state index in [9.17, 15) is 10.1 Å². The molecule has 5 nitrogen and oxygen atoms in total. The van der Waals surface area contributed by atoms with Gasteiger partial charge in [0.1, 0.15) is 0 Å². The SMILES string of the molecule is CC(NCCN1CCSCC1)c1ccccc1[N+](=O)[O-]. The van der Waals surface area contributed by atoms with Crippen molar-refractivity contribution >= 4 is 17.4 Å². The fourth-order valence-corrected chi connectivity index (χ4v) is 3.37. The largest absolute Gasteiger partial charge is 0.309 e. The maximum absolute atomic E-state index is 11.0. The zero-order chi connectivity index (χ0) is 14.4. The first-order valence-electron chi connectivity index (χ1n) is 6.95. The van der Waals surface area contributed by atoms with Gasteiger partial charge in [0, 0.05) is 55.4 Å². The molecular formula is C14H21N3O2S. The van der Waals surface area contributed by atoms with Crippen molar-refractivity contribution in [2.45, 2.75) is 13.0 Å². The van der Waals surface area contributed by atoms with Crippen molar-refractivity contribution in [3.05, 3.63) is 39.9 Å². The second kappa shape index (κ2) is 7.61. The summed E-state index contributed by atoms with van der Waals surface area (Å²) < 4.78 is 0. The number of nitro benzene ring substituents is 1. The Morgan fingerprint density at radius 3 is 2.80 bits per heavy atom. The predicted octanol–water partition coefficient (Wildman–Crippen LogP) is 2.29. The lowest BCUT2D eigenvalue weighted by molar-refractivity contribution is -0.385. The van der Waals surface area contributed by atoms with Crippen molar-refractivity contribution in [2.24, 2.45) is 0 Å². The van der Waals surface area contributed by atoms with Gasteiger partial charge in [-0.05, 0) is 6.92 Å². The van der Waals surface area contributed by atoms with Gasteiger partial charge in [-0.15, -0.1) is 0 Å². The summed E-state index contributed by atoms with van der Waals surface area (Å²) in [5.74, 6) is 2.42. The number of benzene rings is 1. The van der Waals surface area contributed by atoms with Crippen molar-refractivity contribution in [1.82, 2.24) is 10.2 Å². The standard InChI is InChI=1S/C14H21N3O2S/c1-12(13-4-2-3-5-14(13)17(18)19)15-6-7-16-8-10-20-11-9-16/h2-5,12,15H,6-11H2,1H3. The third kappa shape index (κ3) is 4.19. The number of rotatable bonds is 6. The van der Waals surface area contributed by atoms with Gasteiger partial charge in [0.05, 0.1) is 4.92 Å². The molecule has 0 aromatic heterocycles. The van der Waals surface area contributed by atoms with E-state index in [4.69, 9.17) is 0 Å². The molecule has 1 atom stereocenters. The molecule has 1 aromatic carbocycles. The topological polar surface area (TPSA) is 58.4 Å². The average Bonchev–Trinajstić information content (AvgIpc) is 2.48. The van der Waals surface area contributed by atoms with Crippen LogP contribution in [0, 0.1) is 10.1 Å². The molecule has 110 valence electrons. The number of nitro groups is 1. The van der Waals surface area contributed by atoms with E-state index in [1.165, 1.54) is 11.5 Å². The summed E-state index contributed by atoms with van der Waals surface area (Å²) in [5, 5.41) is 14.4. The predicted molar refractivity (Wildman–Crippen MR) is 83.3 cm³/mol. The second-order valence-electron chi connectivity index (χ2n) is 4.95. The number of hydrogen-bond acceptors (Lipinski definition) is 5. The highest BCUT2D eigenvalue weighted by Gasteiger charge is 2.18. The Morgan fingerprint density at radius 1 is 1.40 bits per heavy atom. The molecule has 6 heteroatoms. The smallest absolute Gasteiger partial charge is 0.274 e. The molecule has 1 N–H and O–H groups in total. The van der Waals surface area contributed by atoms with Crippen LogP contribution in [0.4, 0.5) is 5.69 Å². The molecule has 1 unspecified atom stereocenters. The number of para-hydroxylation sites is 1. The normalized spacial score (nSPS) is 17.9. The Morgan fingerprint density at radius 2 is 2.10 bits per heavy atom. The van der Waals surface area contributed by atoms with E-state index < -0.39 is 0 Å². The lowest BCUT2D eigenvalue weighted by Crippen LogP contribution is -2.38. The van der Waals surface area contributed by atoms with E-state index in [1.54, 1.807) is 12.1 Å². The molecule has 1 aromatic rings. The quantitative estimate of drug-likeness (QED) is 0.644. The van der Waals surface area contributed by atoms with E-state index in [1.807, 2.05) is 30.8 Å². The molecule has 1 saturated heterocycles. The fourth-order valence-electron chi connectivity index (χ4n) is 2.39. The van der Waals surface area contributed by atoms with Crippen LogP contribution in [0.2, 0.25) is 0 Å². The van der Waals surface area contributed by atoms with Gasteiger partial charge in [0.15, 0.2) is 0 Å². The van der Waals surface area contributed by atoms with Crippen molar-refractivity contribution < 1.29 is 4.92 Å².